The van der Waals surface area contributed by atoms with E-state index < -0.39 is 22.6 Å². The van der Waals surface area contributed by atoms with Crippen LogP contribution in [0.2, 0.25) is 0 Å². The van der Waals surface area contributed by atoms with E-state index in [1.165, 1.54) is 0 Å². The van der Waals surface area contributed by atoms with Crippen LogP contribution in [0, 0.1) is 0 Å². The molecular formula is C18H27BrN2O3S. The summed E-state index contributed by atoms with van der Waals surface area (Å²) in [6, 6.07) is 5.15. The van der Waals surface area contributed by atoms with Crippen LogP contribution < -0.4 is 10.0 Å². The van der Waals surface area contributed by atoms with Crippen LogP contribution in [0.25, 0.3) is 0 Å². The Morgan fingerprint density at radius 3 is 2.44 bits per heavy atom. The van der Waals surface area contributed by atoms with E-state index in [1.54, 1.807) is 0 Å². The number of rotatable bonds is 3. The first kappa shape index (κ1) is 20.6. The molecule has 0 radical (unpaired) electrons. The number of carbonyl (C=O) groups is 1. The monoisotopic (exact) mass is 430 g/mol. The molecule has 1 heterocycles. The first-order valence-electron chi connectivity index (χ1n) is 8.32. The van der Waals surface area contributed by atoms with Gasteiger partial charge in [0.25, 0.3) is 0 Å². The highest BCUT2D eigenvalue weighted by molar-refractivity contribution is 9.10. The molecule has 3 atom stereocenters. The normalized spacial score (nSPS) is 22.2. The molecule has 1 aromatic carbocycles. The van der Waals surface area contributed by atoms with Crippen molar-refractivity contribution in [2.45, 2.75) is 64.0 Å². The predicted molar refractivity (Wildman–Crippen MR) is 105 cm³/mol. The molecule has 0 aliphatic carbocycles. The van der Waals surface area contributed by atoms with Gasteiger partial charge >= 0.3 is 5.97 Å². The topological polar surface area (TPSA) is 67.4 Å². The second-order valence-electron chi connectivity index (χ2n) is 8.20. The summed E-state index contributed by atoms with van der Waals surface area (Å²) < 4.78 is 21.7. The molecule has 0 spiro atoms. The molecule has 0 saturated heterocycles. The Labute approximate surface area is 161 Å². The van der Waals surface area contributed by atoms with Gasteiger partial charge in [-0.2, -0.15) is 0 Å². The smallest absolute Gasteiger partial charge is 0.328 e. The summed E-state index contributed by atoms with van der Waals surface area (Å²) in [7, 11) is -1.20. The maximum Gasteiger partial charge on any atom is 0.328 e. The summed E-state index contributed by atoms with van der Waals surface area (Å²) in [5.41, 5.74) is 1.27. The lowest BCUT2D eigenvalue weighted by molar-refractivity contribution is -0.157. The van der Waals surface area contributed by atoms with Crippen LogP contribution in [-0.2, 0) is 20.5 Å². The van der Waals surface area contributed by atoms with Gasteiger partial charge in [-0.1, -0.05) is 22.0 Å². The van der Waals surface area contributed by atoms with Gasteiger partial charge in [0.1, 0.15) is 11.6 Å². The molecule has 0 saturated carbocycles. The molecule has 0 amide bonds. The molecule has 1 aromatic rings. The van der Waals surface area contributed by atoms with Crippen molar-refractivity contribution in [3.05, 3.63) is 33.8 Å². The SMILES string of the molecule is CC(C)(C)OC(=O)C1NCC(NS(=O)C(C)(C)C)c2ccc(Br)cc21. The van der Waals surface area contributed by atoms with Crippen molar-refractivity contribution in [3.8, 4) is 0 Å². The molecule has 5 nitrogen and oxygen atoms in total. The van der Waals surface area contributed by atoms with Crippen molar-refractivity contribution >= 4 is 32.9 Å². The van der Waals surface area contributed by atoms with Crippen molar-refractivity contribution in [1.82, 2.24) is 10.0 Å². The van der Waals surface area contributed by atoms with Crippen LogP contribution in [-0.4, -0.2) is 27.1 Å². The summed E-state index contributed by atoms with van der Waals surface area (Å²) >= 11 is 3.47. The van der Waals surface area contributed by atoms with Crippen LogP contribution in [0.3, 0.4) is 0 Å². The van der Waals surface area contributed by atoms with Gasteiger partial charge in [0.15, 0.2) is 0 Å². The van der Waals surface area contributed by atoms with Crippen LogP contribution >= 0.6 is 15.9 Å². The zero-order valence-corrected chi connectivity index (χ0v) is 18.0. The van der Waals surface area contributed by atoms with Crippen molar-refractivity contribution in [3.63, 3.8) is 0 Å². The van der Waals surface area contributed by atoms with Gasteiger partial charge < -0.3 is 4.74 Å². The first-order valence-corrected chi connectivity index (χ1v) is 10.3. The third-order valence-electron chi connectivity index (χ3n) is 3.71. The summed E-state index contributed by atoms with van der Waals surface area (Å²) in [5.74, 6) is -0.303. The van der Waals surface area contributed by atoms with Crippen LogP contribution in [0.1, 0.15) is 64.8 Å². The minimum atomic E-state index is -1.20. The largest absolute Gasteiger partial charge is 0.459 e. The van der Waals surface area contributed by atoms with Crippen molar-refractivity contribution in [2.24, 2.45) is 0 Å². The number of ether oxygens (including phenoxy) is 1. The third-order valence-corrected chi connectivity index (χ3v) is 5.81. The number of benzene rings is 1. The molecule has 7 heteroatoms. The predicted octanol–water partition coefficient (Wildman–Crippen LogP) is 3.53. The van der Waals surface area contributed by atoms with Gasteiger partial charge in [-0.25, -0.2) is 13.7 Å². The number of hydrogen-bond acceptors (Lipinski definition) is 4. The molecule has 2 N–H and O–H groups in total. The zero-order valence-electron chi connectivity index (χ0n) is 15.6. The molecule has 1 aliphatic rings. The molecule has 3 unspecified atom stereocenters. The van der Waals surface area contributed by atoms with E-state index in [1.807, 2.05) is 59.7 Å². The maximum atomic E-state index is 12.6. The first-order chi connectivity index (χ1) is 11.4. The lowest BCUT2D eigenvalue weighted by Gasteiger charge is -2.34. The minimum absolute atomic E-state index is 0.137. The quantitative estimate of drug-likeness (QED) is 0.719. The van der Waals surface area contributed by atoms with Gasteiger partial charge in [0.05, 0.1) is 21.8 Å². The summed E-state index contributed by atoms with van der Waals surface area (Å²) in [4.78, 5) is 12.6. The number of carbonyl (C=O) groups excluding carboxylic acids is 1. The second kappa shape index (κ2) is 7.47. The number of nitrogens with one attached hydrogen (secondary N) is 2. The fourth-order valence-electron chi connectivity index (χ4n) is 2.55. The summed E-state index contributed by atoms with van der Waals surface area (Å²) in [6.45, 7) is 11.8. The lowest BCUT2D eigenvalue weighted by Crippen LogP contribution is -2.46. The maximum absolute atomic E-state index is 12.6. The number of fused-ring (bicyclic) bond motifs is 1. The van der Waals surface area contributed by atoms with Gasteiger partial charge in [-0.3, -0.25) is 5.32 Å². The molecule has 0 fully saturated rings. The molecule has 0 aromatic heterocycles. The summed E-state index contributed by atoms with van der Waals surface area (Å²) in [6.07, 6.45) is 0. The van der Waals surface area contributed by atoms with Crippen LogP contribution in [0.5, 0.6) is 0 Å². The highest BCUT2D eigenvalue weighted by Crippen LogP contribution is 2.33. The Bertz CT molecular complexity index is 680. The van der Waals surface area contributed by atoms with E-state index in [4.69, 9.17) is 4.74 Å². The standard InChI is InChI=1S/C18H27BrN2O3S/c1-17(2,3)24-16(22)15-13-9-11(19)7-8-12(13)14(10-20-15)21-25(23)18(4,5)6/h7-9,14-15,20-21H,10H2,1-6H3. The van der Waals surface area contributed by atoms with E-state index in [0.29, 0.717) is 6.54 Å². The lowest BCUT2D eigenvalue weighted by atomic mass is 9.91. The minimum Gasteiger partial charge on any atom is -0.459 e. The fraction of sp³-hybridized carbons (Fsp3) is 0.611. The Morgan fingerprint density at radius 2 is 1.88 bits per heavy atom. The van der Waals surface area contributed by atoms with Crippen molar-refractivity contribution in [2.75, 3.05) is 6.54 Å². The van der Waals surface area contributed by atoms with E-state index in [2.05, 4.69) is 26.0 Å². The molecule has 1 aliphatic heterocycles. The molecule has 140 valence electrons. The summed E-state index contributed by atoms with van der Waals surface area (Å²) in [5, 5.41) is 3.24. The zero-order chi connectivity index (χ0) is 19.0. The Balaban J connectivity index is 2.31. The average Bonchev–Trinajstić information content (AvgIpc) is 2.44. The van der Waals surface area contributed by atoms with E-state index >= 15 is 0 Å². The second-order valence-corrected chi connectivity index (χ2v) is 11.1. The highest BCUT2D eigenvalue weighted by atomic mass is 79.9. The Kier molecular flexibility index (Phi) is 6.14. The van der Waals surface area contributed by atoms with Crippen molar-refractivity contribution in [1.29, 1.82) is 0 Å². The molecular weight excluding hydrogens is 404 g/mol. The van der Waals surface area contributed by atoms with E-state index in [0.717, 1.165) is 15.6 Å². The number of hydrogen-bond donors (Lipinski definition) is 2. The van der Waals surface area contributed by atoms with Gasteiger partial charge in [0.2, 0.25) is 0 Å². The Morgan fingerprint density at radius 1 is 1.24 bits per heavy atom. The van der Waals surface area contributed by atoms with Gasteiger partial charge in [-0.05, 0) is 64.8 Å². The fourth-order valence-corrected chi connectivity index (χ4v) is 3.75. The van der Waals surface area contributed by atoms with Crippen LogP contribution in [0.4, 0.5) is 0 Å². The highest BCUT2D eigenvalue weighted by Gasteiger charge is 2.35. The molecule has 0 bridgehead atoms. The molecule has 2 rings (SSSR count). The molecule has 25 heavy (non-hydrogen) atoms. The van der Waals surface area contributed by atoms with E-state index in [9.17, 15) is 9.00 Å². The van der Waals surface area contributed by atoms with Crippen LogP contribution in [0.15, 0.2) is 22.7 Å². The third kappa shape index (κ3) is 5.36. The number of esters is 1. The van der Waals surface area contributed by atoms with Gasteiger partial charge in [0, 0.05) is 11.0 Å². The van der Waals surface area contributed by atoms with Gasteiger partial charge in [-0.15, -0.1) is 0 Å². The van der Waals surface area contributed by atoms with Crippen molar-refractivity contribution < 1.29 is 13.7 Å². The average molecular weight is 431 g/mol. The number of halogens is 1. The Hall–Kier alpha value is -0.760. The van der Waals surface area contributed by atoms with E-state index in [-0.39, 0.29) is 16.8 Å².